The van der Waals surface area contributed by atoms with Crippen molar-refractivity contribution in [1.82, 2.24) is 4.90 Å². The van der Waals surface area contributed by atoms with E-state index in [1.807, 2.05) is 13.8 Å². The molecule has 1 aliphatic heterocycles. The molecule has 2 radical (unpaired) electrons. The first-order valence-electron chi connectivity index (χ1n) is 12.1. The first kappa shape index (κ1) is 25.9. The molecule has 3 aliphatic carbocycles. The number of hydrogen-bond donors (Lipinski definition) is 1. The number of hydrogen-bond acceptors (Lipinski definition) is 8. The van der Waals surface area contributed by atoms with Crippen LogP contribution in [0, 0.1) is 23.2 Å². The van der Waals surface area contributed by atoms with Gasteiger partial charge in [-0.2, -0.15) is 0 Å². The average molecular weight is 496 g/mol. The number of ketones is 1. The molecule has 2 fully saturated rings. The lowest BCUT2D eigenvalue weighted by Gasteiger charge is -2.52. The standard InChI is InChI=1S/C28H33NO7/c1-6-12-29(13-7-2)14-17-23-25(32)24(31)22-18-8-9-20(35-16-30)27(18,3)11-10-19(22)28(23,4)21(15-34-5)36-26(17)33/h6-7,14,16,18,20-21,32H,1-2,8-9,11-13,15H2,3-5H3/b17-14+/t18?,20-,21+,27-,28-/m0/s1. The van der Waals surface area contributed by atoms with E-state index in [2.05, 4.69) is 19.6 Å². The molecule has 0 aromatic carbocycles. The van der Waals surface area contributed by atoms with E-state index in [4.69, 9.17) is 14.2 Å². The van der Waals surface area contributed by atoms with E-state index >= 15 is 0 Å². The molecule has 36 heavy (non-hydrogen) atoms. The number of aliphatic hydroxyl groups excluding tert-OH is 1. The molecular formula is C28H33NO7. The molecule has 192 valence electrons. The number of esters is 1. The summed E-state index contributed by atoms with van der Waals surface area (Å²) in [5, 5.41) is 11.4. The van der Waals surface area contributed by atoms with Crippen LogP contribution in [0.5, 0.6) is 0 Å². The molecule has 1 heterocycles. The zero-order chi connectivity index (χ0) is 26.3. The number of rotatable bonds is 9. The van der Waals surface area contributed by atoms with E-state index in [1.54, 1.807) is 23.3 Å². The summed E-state index contributed by atoms with van der Waals surface area (Å²) in [4.78, 5) is 39.9. The van der Waals surface area contributed by atoms with Gasteiger partial charge < -0.3 is 24.2 Å². The van der Waals surface area contributed by atoms with Crippen molar-refractivity contribution in [2.45, 2.75) is 45.3 Å². The van der Waals surface area contributed by atoms with Crippen molar-refractivity contribution in [3.63, 3.8) is 0 Å². The quantitative estimate of drug-likeness (QED) is 0.225. The molecule has 5 atom stereocenters. The second kappa shape index (κ2) is 9.73. The monoisotopic (exact) mass is 495 g/mol. The van der Waals surface area contributed by atoms with Gasteiger partial charge in [-0.3, -0.25) is 9.59 Å². The van der Waals surface area contributed by atoms with Gasteiger partial charge in [0, 0.05) is 49.4 Å². The van der Waals surface area contributed by atoms with Crippen LogP contribution in [0.25, 0.3) is 0 Å². The molecule has 0 amide bonds. The van der Waals surface area contributed by atoms with Crippen LogP contribution in [-0.4, -0.2) is 67.2 Å². The summed E-state index contributed by atoms with van der Waals surface area (Å²) in [6.07, 6.45) is 8.96. The topological polar surface area (TPSA) is 102 Å². The molecule has 4 aliphatic rings. The van der Waals surface area contributed by atoms with Crippen molar-refractivity contribution in [3.05, 3.63) is 66.0 Å². The number of cyclic esters (lactones) is 1. The predicted molar refractivity (Wildman–Crippen MR) is 131 cm³/mol. The summed E-state index contributed by atoms with van der Waals surface area (Å²) in [5.74, 6) is -1.88. The largest absolute Gasteiger partial charge is 0.504 e. The number of Topliss-reactive ketones (excluding diaryl/α,β-unsaturated/α-hetero) is 1. The van der Waals surface area contributed by atoms with E-state index in [1.165, 1.54) is 7.11 Å². The van der Waals surface area contributed by atoms with Gasteiger partial charge in [-0.15, -0.1) is 13.2 Å². The minimum absolute atomic E-state index is 0.0702. The highest BCUT2D eigenvalue weighted by Gasteiger charge is 2.62. The molecule has 8 heteroatoms. The smallest absolute Gasteiger partial charge is 0.340 e. The highest BCUT2D eigenvalue weighted by Crippen LogP contribution is 2.62. The fraction of sp³-hybridized carbons (Fsp3) is 0.500. The third-order valence-electron chi connectivity index (χ3n) is 8.21. The Kier molecular flexibility index (Phi) is 7.01. The number of methoxy groups -OCH3 is 1. The SMILES string of the molecule is C=CCN(/C=C1/C(=O)O[C@H](COC)[C@]2(C)C3=C(C(=O)C(O)=C12)C1CC[C@H](OC=O)[C@@]1(C)C[C]3)CC=C. The van der Waals surface area contributed by atoms with E-state index in [9.17, 15) is 19.5 Å². The third kappa shape index (κ3) is 3.74. The highest BCUT2D eigenvalue weighted by atomic mass is 16.6. The van der Waals surface area contributed by atoms with Crippen molar-refractivity contribution in [2.75, 3.05) is 26.8 Å². The summed E-state index contributed by atoms with van der Waals surface area (Å²) in [5.41, 5.74) is -0.185. The lowest BCUT2D eigenvalue weighted by molar-refractivity contribution is -0.156. The second-order valence-corrected chi connectivity index (χ2v) is 10.2. The van der Waals surface area contributed by atoms with Crippen LogP contribution in [-0.2, 0) is 28.6 Å². The lowest BCUT2D eigenvalue weighted by atomic mass is 9.54. The minimum Gasteiger partial charge on any atom is -0.504 e. The summed E-state index contributed by atoms with van der Waals surface area (Å²) >= 11 is 0. The van der Waals surface area contributed by atoms with Crippen LogP contribution < -0.4 is 0 Å². The van der Waals surface area contributed by atoms with E-state index in [-0.39, 0.29) is 29.8 Å². The predicted octanol–water partition coefficient (Wildman–Crippen LogP) is 3.26. The van der Waals surface area contributed by atoms with Crippen LogP contribution >= 0.6 is 0 Å². The third-order valence-corrected chi connectivity index (χ3v) is 8.21. The summed E-state index contributed by atoms with van der Waals surface area (Å²) in [6, 6.07) is 0. The fourth-order valence-corrected chi connectivity index (χ4v) is 6.40. The second-order valence-electron chi connectivity index (χ2n) is 10.2. The Hall–Kier alpha value is -3.13. The first-order valence-corrected chi connectivity index (χ1v) is 12.1. The maximum absolute atomic E-state index is 13.8. The molecule has 1 saturated heterocycles. The van der Waals surface area contributed by atoms with Gasteiger partial charge in [-0.25, -0.2) is 4.79 Å². The number of ether oxygens (including phenoxy) is 3. The molecule has 0 bridgehead atoms. The van der Waals surface area contributed by atoms with Crippen LogP contribution in [0.1, 0.15) is 33.1 Å². The number of carbonyl (C=O) groups excluding carboxylic acids is 3. The lowest BCUT2D eigenvalue weighted by Crippen LogP contribution is -2.54. The van der Waals surface area contributed by atoms with Gasteiger partial charge in [0.05, 0.1) is 17.6 Å². The van der Waals surface area contributed by atoms with Crippen molar-refractivity contribution >= 4 is 18.2 Å². The highest BCUT2D eigenvalue weighted by molar-refractivity contribution is 6.13. The molecular weight excluding hydrogens is 462 g/mol. The molecule has 1 unspecified atom stereocenters. The minimum atomic E-state index is -1.07. The maximum atomic E-state index is 13.8. The molecule has 0 aromatic rings. The Bertz CT molecular complexity index is 1080. The molecule has 4 rings (SSSR count). The number of carbonyl (C=O) groups is 3. The van der Waals surface area contributed by atoms with Gasteiger partial charge in [-0.1, -0.05) is 19.1 Å². The maximum Gasteiger partial charge on any atom is 0.340 e. The molecule has 1 saturated carbocycles. The average Bonchev–Trinajstić information content (AvgIpc) is 3.17. The number of nitrogens with zero attached hydrogens (tertiary/aromatic N) is 1. The summed E-state index contributed by atoms with van der Waals surface area (Å²) in [7, 11) is 1.51. The molecule has 0 aromatic heterocycles. The van der Waals surface area contributed by atoms with Crippen molar-refractivity contribution in [1.29, 1.82) is 0 Å². The van der Waals surface area contributed by atoms with Gasteiger partial charge in [0.25, 0.3) is 6.47 Å². The number of allylic oxidation sites excluding steroid dienone is 1. The summed E-state index contributed by atoms with van der Waals surface area (Å²) in [6.45, 7) is 12.7. The Morgan fingerprint density at radius 3 is 2.53 bits per heavy atom. The number of fused-ring (bicyclic) bond motifs is 4. The van der Waals surface area contributed by atoms with Crippen LogP contribution in [0.4, 0.5) is 0 Å². The van der Waals surface area contributed by atoms with Crippen LogP contribution in [0.2, 0.25) is 0 Å². The van der Waals surface area contributed by atoms with Crippen molar-refractivity contribution in [3.8, 4) is 0 Å². The number of aliphatic hydroxyl groups is 1. The van der Waals surface area contributed by atoms with Gasteiger partial charge in [0.1, 0.15) is 12.2 Å². The van der Waals surface area contributed by atoms with Gasteiger partial charge in [0.2, 0.25) is 5.78 Å². The molecule has 1 N–H and O–H groups in total. The zero-order valence-corrected chi connectivity index (χ0v) is 21.0. The van der Waals surface area contributed by atoms with Crippen LogP contribution in [0.15, 0.2) is 59.6 Å². The van der Waals surface area contributed by atoms with E-state index < -0.39 is 34.4 Å². The Morgan fingerprint density at radius 2 is 1.92 bits per heavy atom. The van der Waals surface area contributed by atoms with E-state index in [0.717, 1.165) is 0 Å². The molecule has 0 spiro atoms. The van der Waals surface area contributed by atoms with Crippen molar-refractivity contribution in [2.24, 2.45) is 16.7 Å². The zero-order valence-electron chi connectivity index (χ0n) is 21.0. The Morgan fingerprint density at radius 1 is 1.22 bits per heavy atom. The Labute approximate surface area is 212 Å². The van der Waals surface area contributed by atoms with Crippen molar-refractivity contribution < 1.29 is 33.7 Å². The van der Waals surface area contributed by atoms with Gasteiger partial charge in [-0.05, 0) is 37.7 Å². The van der Waals surface area contributed by atoms with Gasteiger partial charge in [0.15, 0.2) is 5.76 Å². The Balaban J connectivity index is 1.90. The first-order chi connectivity index (χ1) is 17.2. The van der Waals surface area contributed by atoms with Gasteiger partial charge >= 0.3 is 5.97 Å². The normalized spacial score (nSPS) is 34.5. The fourth-order valence-electron chi connectivity index (χ4n) is 6.40. The van der Waals surface area contributed by atoms with E-state index in [0.29, 0.717) is 50.0 Å². The van der Waals surface area contributed by atoms with Crippen LogP contribution in [0.3, 0.4) is 0 Å². The summed E-state index contributed by atoms with van der Waals surface area (Å²) < 4.78 is 16.7. The molecule has 8 nitrogen and oxygen atoms in total.